The third-order valence-corrected chi connectivity index (χ3v) is 2.62. The van der Waals surface area contributed by atoms with Crippen molar-refractivity contribution in [2.45, 2.75) is 26.2 Å². The third kappa shape index (κ3) is 3.88. The zero-order chi connectivity index (χ0) is 11.1. The van der Waals surface area contributed by atoms with Gasteiger partial charge in [0, 0.05) is 18.5 Å². The summed E-state index contributed by atoms with van der Waals surface area (Å²) in [5.41, 5.74) is 1.58. The molecule has 82 valence electrons. The molecule has 0 saturated heterocycles. The molecule has 1 nitrogen and oxygen atoms in total. The Bertz CT molecular complexity index is 298. The molecule has 0 aromatic heterocycles. The highest BCUT2D eigenvalue weighted by molar-refractivity contribution is 5.23. The average molecular weight is 203 g/mol. The lowest BCUT2D eigenvalue weighted by atomic mass is 9.85. The van der Waals surface area contributed by atoms with Crippen molar-refractivity contribution in [2.24, 2.45) is 0 Å². The van der Waals surface area contributed by atoms with Gasteiger partial charge in [0.2, 0.25) is 0 Å². The zero-order valence-corrected chi connectivity index (χ0v) is 9.96. The van der Waals surface area contributed by atoms with Crippen LogP contribution in [0.25, 0.3) is 0 Å². The summed E-state index contributed by atoms with van der Waals surface area (Å²) in [7, 11) is 0. The van der Waals surface area contributed by atoms with Crippen LogP contribution in [0.3, 0.4) is 0 Å². The van der Waals surface area contributed by atoms with Crippen LogP contribution in [0.1, 0.15) is 26.3 Å². The average Bonchev–Trinajstić information content (AvgIpc) is 2.26. The van der Waals surface area contributed by atoms with E-state index < -0.39 is 0 Å². The lowest BCUT2D eigenvalue weighted by Crippen LogP contribution is -2.32. The third-order valence-electron chi connectivity index (χ3n) is 2.62. The van der Waals surface area contributed by atoms with E-state index in [0.29, 0.717) is 0 Å². The van der Waals surface area contributed by atoms with Gasteiger partial charge in [-0.05, 0) is 12.5 Å². The van der Waals surface area contributed by atoms with Gasteiger partial charge in [-0.2, -0.15) is 0 Å². The van der Waals surface area contributed by atoms with E-state index in [2.05, 4.69) is 61.6 Å². The van der Waals surface area contributed by atoms with Gasteiger partial charge in [-0.25, -0.2) is 0 Å². The number of rotatable bonds is 5. The molecule has 0 bridgehead atoms. The first-order valence-electron chi connectivity index (χ1n) is 5.54. The minimum absolute atomic E-state index is 0.197. The number of nitrogens with one attached hydrogen (secondary N) is 1. The van der Waals surface area contributed by atoms with E-state index in [1.54, 1.807) is 0 Å². The summed E-state index contributed by atoms with van der Waals surface area (Å²) in [6.07, 6.45) is 4.21. The highest BCUT2D eigenvalue weighted by Gasteiger charge is 2.18. The standard InChI is InChI=1S/C14H21N/c1-4-5-11-15-12-14(2,3)13-9-7-6-8-10-13/h4-10,15H,11-12H2,1-3H3/b5-4+. The Morgan fingerprint density at radius 1 is 1.20 bits per heavy atom. The highest BCUT2D eigenvalue weighted by Crippen LogP contribution is 2.21. The topological polar surface area (TPSA) is 12.0 Å². The van der Waals surface area contributed by atoms with Crippen LogP contribution >= 0.6 is 0 Å². The smallest absolute Gasteiger partial charge is 0.0135 e. The van der Waals surface area contributed by atoms with Crippen LogP contribution in [0.5, 0.6) is 0 Å². The lowest BCUT2D eigenvalue weighted by molar-refractivity contribution is 0.483. The van der Waals surface area contributed by atoms with Crippen molar-refractivity contribution < 1.29 is 0 Å². The van der Waals surface area contributed by atoms with Gasteiger partial charge < -0.3 is 5.32 Å². The van der Waals surface area contributed by atoms with Crippen molar-refractivity contribution in [1.82, 2.24) is 5.32 Å². The molecule has 0 aliphatic rings. The van der Waals surface area contributed by atoms with E-state index in [-0.39, 0.29) is 5.41 Å². The molecule has 0 radical (unpaired) electrons. The first-order chi connectivity index (χ1) is 7.17. The van der Waals surface area contributed by atoms with Crippen molar-refractivity contribution in [3.63, 3.8) is 0 Å². The van der Waals surface area contributed by atoms with E-state index in [4.69, 9.17) is 0 Å². The molecule has 0 heterocycles. The SMILES string of the molecule is C/C=C/CNCC(C)(C)c1ccccc1. The molecule has 0 fully saturated rings. The van der Waals surface area contributed by atoms with Crippen LogP contribution in [0.4, 0.5) is 0 Å². The zero-order valence-electron chi connectivity index (χ0n) is 9.96. The normalized spacial score (nSPS) is 12.2. The van der Waals surface area contributed by atoms with Crippen LogP contribution in [-0.4, -0.2) is 13.1 Å². The summed E-state index contributed by atoms with van der Waals surface area (Å²) < 4.78 is 0. The number of hydrogen-bond donors (Lipinski definition) is 1. The van der Waals surface area contributed by atoms with Crippen molar-refractivity contribution >= 4 is 0 Å². The molecule has 1 aromatic carbocycles. The van der Waals surface area contributed by atoms with Crippen molar-refractivity contribution in [3.05, 3.63) is 48.0 Å². The summed E-state index contributed by atoms with van der Waals surface area (Å²) in [6, 6.07) is 10.6. The minimum atomic E-state index is 0.197. The first-order valence-corrected chi connectivity index (χ1v) is 5.54. The molecule has 0 aliphatic heterocycles. The summed E-state index contributed by atoms with van der Waals surface area (Å²) in [6.45, 7) is 8.54. The Balaban J connectivity index is 2.52. The molecule has 0 amide bonds. The van der Waals surface area contributed by atoms with Crippen LogP contribution in [0.2, 0.25) is 0 Å². The largest absolute Gasteiger partial charge is 0.312 e. The second-order valence-electron chi connectivity index (χ2n) is 4.45. The second kappa shape index (κ2) is 5.72. The van der Waals surface area contributed by atoms with Crippen LogP contribution < -0.4 is 5.32 Å². The van der Waals surface area contributed by atoms with Gasteiger partial charge in [-0.1, -0.05) is 56.3 Å². The maximum Gasteiger partial charge on any atom is 0.0135 e. The van der Waals surface area contributed by atoms with E-state index in [9.17, 15) is 0 Å². The molecule has 0 saturated carbocycles. The van der Waals surface area contributed by atoms with Gasteiger partial charge in [0.05, 0.1) is 0 Å². The summed E-state index contributed by atoms with van der Waals surface area (Å²) in [4.78, 5) is 0. The predicted molar refractivity (Wildman–Crippen MR) is 67.2 cm³/mol. The Kier molecular flexibility index (Phi) is 4.57. The van der Waals surface area contributed by atoms with Crippen molar-refractivity contribution in [3.8, 4) is 0 Å². The monoisotopic (exact) mass is 203 g/mol. The molecule has 1 rings (SSSR count). The van der Waals surface area contributed by atoms with Crippen LogP contribution in [0.15, 0.2) is 42.5 Å². The van der Waals surface area contributed by atoms with Gasteiger partial charge in [0.1, 0.15) is 0 Å². The summed E-state index contributed by atoms with van der Waals surface area (Å²) >= 11 is 0. The molecule has 0 aliphatic carbocycles. The number of allylic oxidation sites excluding steroid dienone is 1. The highest BCUT2D eigenvalue weighted by atomic mass is 14.9. The Labute approximate surface area is 93.2 Å². The van der Waals surface area contributed by atoms with E-state index in [1.807, 2.05) is 6.92 Å². The fourth-order valence-electron chi connectivity index (χ4n) is 1.58. The maximum atomic E-state index is 3.44. The lowest BCUT2D eigenvalue weighted by Gasteiger charge is -2.25. The van der Waals surface area contributed by atoms with Gasteiger partial charge in [-0.15, -0.1) is 0 Å². The van der Waals surface area contributed by atoms with E-state index >= 15 is 0 Å². The van der Waals surface area contributed by atoms with E-state index in [1.165, 1.54) is 5.56 Å². The Morgan fingerprint density at radius 2 is 1.87 bits per heavy atom. The molecule has 0 atom stereocenters. The Hall–Kier alpha value is -1.08. The van der Waals surface area contributed by atoms with Crippen molar-refractivity contribution in [1.29, 1.82) is 0 Å². The van der Waals surface area contributed by atoms with Crippen LogP contribution in [-0.2, 0) is 5.41 Å². The van der Waals surface area contributed by atoms with Crippen molar-refractivity contribution in [2.75, 3.05) is 13.1 Å². The molecule has 1 aromatic rings. The number of hydrogen-bond acceptors (Lipinski definition) is 1. The fourth-order valence-corrected chi connectivity index (χ4v) is 1.58. The Morgan fingerprint density at radius 3 is 2.47 bits per heavy atom. The summed E-state index contributed by atoms with van der Waals surface area (Å²) in [5, 5.41) is 3.44. The van der Waals surface area contributed by atoms with Gasteiger partial charge >= 0.3 is 0 Å². The molecule has 15 heavy (non-hydrogen) atoms. The predicted octanol–water partition coefficient (Wildman–Crippen LogP) is 3.13. The molecule has 1 N–H and O–H groups in total. The molecule has 0 unspecified atom stereocenters. The quantitative estimate of drug-likeness (QED) is 0.572. The van der Waals surface area contributed by atoms with Crippen LogP contribution in [0, 0.1) is 0 Å². The first kappa shape index (κ1) is 12.0. The van der Waals surface area contributed by atoms with E-state index in [0.717, 1.165) is 13.1 Å². The van der Waals surface area contributed by atoms with Gasteiger partial charge in [0.25, 0.3) is 0 Å². The second-order valence-corrected chi connectivity index (χ2v) is 4.45. The number of benzene rings is 1. The molecule has 0 spiro atoms. The molecule has 1 heteroatoms. The van der Waals surface area contributed by atoms with Gasteiger partial charge in [-0.3, -0.25) is 0 Å². The summed E-state index contributed by atoms with van der Waals surface area (Å²) in [5.74, 6) is 0. The molecular weight excluding hydrogens is 182 g/mol. The maximum absolute atomic E-state index is 3.44. The fraction of sp³-hybridized carbons (Fsp3) is 0.429. The van der Waals surface area contributed by atoms with Gasteiger partial charge in [0.15, 0.2) is 0 Å². The molecular formula is C14H21N. The minimum Gasteiger partial charge on any atom is -0.312 e.